The molecule has 0 N–H and O–H groups in total. The third-order valence-corrected chi connectivity index (χ3v) is 4.27. The van der Waals surface area contributed by atoms with Crippen molar-refractivity contribution in [3.63, 3.8) is 0 Å². The molecular formula is C16H23F5O4Si. The van der Waals surface area contributed by atoms with Crippen molar-refractivity contribution in [1.29, 1.82) is 0 Å². The molecule has 0 aromatic heterocycles. The van der Waals surface area contributed by atoms with Crippen LogP contribution in [0, 0.1) is 29.1 Å². The van der Waals surface area contributed by atoms with E-state index >= 15 is 0 Å². The molecule has 0 bridgehead atoms. The highest BCUT2D eigenvalue weighted by atomic mass is 28.2. The van der Waals surface area contributed by atoms with Gasteiger partial charge >= 0.3 is 0 Å². The predicted molar refractivity (Wildman–Crippen MR) is 87.0 cm³/mol. The molecule has 0 spiro atoms. The van der Waals surface area contributed by atoms with Gasteiger partial charge in [0, 0.05) is 0 Å². The monoisotopic (exact) mass is 402 g/mol. The first kappa shape index (κ1) is 22.8. The number of benzene rings is 1. The molecule has 0 heterocycles. The van der Waals surface area contributed by atoms with Gasteiger partial charge in [-0.15, -0.1) is 0 Å². The van der Waals surface area contributed by atoms with Gasteiger partial charge < -0.3 is 18.6 Å². The lowest BCUT2D eigenvalue weighted by molar-refractivity contribution is -0.275. The van der Waals surface area contributed by atoms with Crippen LogP contribution in [0.4, 0.5) is 22.0 Å². The van der Waals surface area contributed by atoms with Crippen molar-refractivity contribution >= 4 is 9.76 Å². The second-order valence-electron chi connectivity index (χ2n) is 5.98. The summed E-state index contributed by atoms with van der Waals surface area (Å²) >= 11 is 0. The quantitative estimate of drug-likeness (QED) is 0.141. The Labute approximate surface area is 151 Å². The maximum absolute atomic E-state index is 13.4. The molecule has 10 heteroatoms. The van der Waals surface area contributed by atoms with E-state index in [2.05, 4.69) is 0 Å². The number of rotatable bonds is 11. The highest BCUT2D eigenvalue weighted by Gasteiger charge is 2.26. The van der Waals surface area contributed by atoms with E-state index in [-0.39, 0.29) is 18.8 Å². The highest BCUT2D eigenvalue weighted by Crippen LogP contribution is 2.29. The van der Waals surface area contributed by atoms with E-state index in [1.54, 1.807) is 0 Å². The summed E-state index contributed by atoms with van der Waals surface area (Å²) in [5.41, 5.74) is 0. The van der Waals surface area contributed by atoms with Crippen molar-refractivity contribution < 1.29 is 40.6 Å². The van der Waals surface area contributed by atoms with Gasteiger partial charge in [-0.1, -0.05) is 0 Å². The Morgan fingerprint density at radius 3 is 1.69 bits per heavy atom. The maximum Gasteiger partial charge on any atom is 0.262 e. The normalized spacial score (nSPS) is 12.3. The molecule has 0 aliphatic carbocycles. The molecule has 1 aromatic carbocycles. The molecule has 0 saturated carbocycles. The highest BCUT2D eigenvalue weighted by molar-refractivity contribution is 6.27. The van der Waals surface area contributed by atoms with Crippen molar-refractivity contribution in [1.82, 2.24) is 0 Å². The summed E-state index contributed by atoms with van der Waals surface area (Å²) in [6.07, 6.45) is 0.137. The summed E-state index contributed by atoms with van der Waals surface area (Å²) < 4.78 is 87.0. The molecule has 0 fully saturated rings. The van der Waals surface area contributed by atoms with Crippen LogP contribution in [0.25, 0.3) is 0 Å². The van der Waals surface area contributed by atoms with Gasteiger partial charge in [0.15, 0.2) is 15.5 Å². The molecule has 0 aliphatic rings. The van der Waals surface area contributed by atoms with Gasteiger partial charge in [0.2, 0.25) is 29.1 Å². The number of hydrogen-bond acceptors (Lipinski definition) is 4. The summed E-state index contributed by atoms with van der Waals surface area (Å²) in [5.74, 6) is -11.5. The Morgan fingerprint density at radius 1 is 0.769 bits per heavy atom. The predicted octanol–water partition coefficient (Wildman–Crippen LogP) is 3.80. The van der Waals surface area contributed by atoms with Gasteiger partial charge in [-0.2, -0.15) is 8.78 Å². The smallest absolute Gasteiger partial charge is 0.262 e. The minimum absolute atomic E-state index is 0.0923. The molecule has 26 heavy (non-hydrogen) atoms. The van der Waals surface area contributed by atoms with Gasteiger partial charge in [-0.05, 0) is 40.2 Å². The molecule has 0 aliphatic heterocycles. The standard InChI is InChI=1S/C16H23F5O4Si/c1-8(2)23-16(24-9(3)4)25-26-7-5-6-22-15-13(20)11(18)10(17)12(19)14(15)21/h8-9,16H,5-7,26H2,1-4H3. The van der Waals surface area contributed by atoms with Crippen LogP contribution < -0.4 is 4.74 Å². The average Bonchev–Trinajstić information content (AvgIpc) is 2.55. The van der Waals surface area contributed by atoms with Crippen molar-refractivity contribution in [2.45, 2.75) is 58.8 Å². The Bertz CT molecular complexity index is 547. The zero-order chi connectivity index (χ0) is 19.9. The second-order valence-corrected chi connectivity index (χ2v) is 7.43. The number of hydrogen-bond donors (Lipinski definition) is 0. The Morgan fingerprint density at radius 2 is 1.23 bits per heavy atom. The minimum atomic E-state index is -2.21. The first-order chi connectivity index (χ1) is 12.1. The zero-order valence-corrected chi connectivity index (χ0v) is 16.5. The van der Waals surface area contributed by atoms with E-state index in [1.165, 1.54) is 0 Å². The van der Waals surface area contributed by atoms with Crippen LogP contribution in [-0.2, 0) is 13.9 Å². The van der Waals surface area contributed by atoms with Gasteiger partial charge in [0.1, 0.15) is 0 Å². The molecule has 0 atom stereocenters. The molecular weight excluding hydrogens is 379 g/mol. The number of ether oxygens (including phenoxy) is 3. The van der Waals surface area contributed by atoms with Crippen LogP contribution in [0.2, 0.25) is 6.04 Å². The van der Waals surface area contributed by atoms with Gasteiger partial charge in [-0.3, -0.25) is 0 Å². The lowest BCUT2D eigenvalue weighted by Crippen LogP contribution is -2.28. The molecule has 0 amide bonds. The fraction of sp³-hybridized carbons (Fsp3) is 0.625. The van der Waals surface area contributed by atoms with Crippen LogP contribution in [0.5, 0.6) is 5.75 Å². The minimum Gasteiger partial charge on any atom is -0.487 e. The molecule has 0 saturated heterocycles. The topological polar surface area (TPSA) is 36.9 Å². The van der Waals surface area contributed by atoms with E-state index in [0.29, 0.717) is 12.5 Å². The molecule has 0 unspecified atom stereocenters. The SMILES string of the molecule is CC(C)OC(O[SiH2]CCCOc1c(F)c(F)c(F)c(F)c1F)OC(C)C. The fourth-order valence-electron chi connectivity index (χ4n) is 1.82. The molecule has 1 aromatic rings. The third-order valence-electron chi connectivity index (χ3n) is 2.98. The van der Waals surface area contributed by atoms with Crippen molar-refractivity contribution in [3.05, 3.63) is 29.1 Å². The van der Waals surface area contributed by atoms with Crippen LogP contribution >= 0.6 is 0 Å². The molecule has 4 nitrogen and oxygen atoms in total. The molecule has 1 rings (SSSR count). The summed E-state index contributed by atoms with van der Waals surface area (Å²) in [6.45, 7) is 6.32. The molecule has 0 radical (unpaired) electrons. The van der Waals surface area contributed by atoms with E-state index in [4.69, 9.17) is 18.6 Å². The lowest BCUT2D eigenvalue weighted by atomic mass is 10.2. The molecule has 150 valence electrons. The Balaban J connectivity index is 2.43. The first-order valence-electron chi connectivity index (χ1n) is 8.21. The lowest BCUT2D eigenvalue weighted by Gasteiger charge is -2.23. The van der Waals surface area contributed by atoms with Gasteiger partial charge in [0.05, 0.1) is 18.8 Å². The van der Waals surface area contributed by atoms with Crippen LogP contribution in [0.3, 0.4) is 0 Å². The van der Waals surface area contributed by atoms with Crippen LogP contribution in [-0.4, -0.2) is 35.1 Å². The summed E-state index contributed by atoms with van der Waals surface area (Å²) in [6, 6.07) is 0.537. The van der Waals surface area contributed by atoms with E-state index < -0.39 is 51.1 Å². The van der Waals surface area contributed by atoms with Crippen molar-refractivity contribution in [3.8, 4) is 5.75 Å². The van der Waals surface area contributed by atoms with Gasteiger partial charge in [-0.25, -0.2) is 13.2 Å². The third kappa shape index (κ3) is 6.82. The Hall–Kier alpha value is -1.23. The maximum atomic E-state index is 13.4. The Kier molecular flexibility index (Phi) is 9.48. The average molecular weight is 402 g/mol. The van der Waals surface area contributed by atoms with Crippen molar-refractivity contribution in [2.24, 2.45) is 0 Å². The van der Waals surface area contributed by atoms with Crippen LogP contribution in [0.15, 0.2) is 0 Å². The largest absolute Gasteiger partial charge is 0.487 e. The second kappa shape index (κ2) is 10.8. The summed E-state index contributed by atoms with van der Waals surface area (Å²) in [4.78, 5) is 0. The summed E-state index contributed by atoms with van der Waals surface area (Å²) in [5, 5.41) is 0. The first-order valence-corrected chi connectivity index (χ1v) is 9.79. The van der Waals surface area contributed by atoms with E-state index in [1.807, 2.05) is 27.7 Å². The van der Waals surface area contributed by atoms with Gasteiger partial charge in [0.25, 0.3) is 6.48 Å². The fourth-order valence-corrected chi connectivity index (χ4v) is 2.75. The number of halogens is 5. The summed E-state index contributed by atoms with van der Waals surface area (Å²) in [7, 11) is -1.09. The zero-order valence-electron chi connectivity index (χ0n) is 15.1. The van der Waals surface area contributed by atoms with Crippen molar-refractivity contribution in [2.75, 3.05) is 6.61 Å². The van der Waals surface area contributed by atoms with E-state index in [0.717, 1.165) is 0 Å². The van der Waals surface area contributed by atoms with E-state index in [9.17, 15) is 22.0 Å². The van der Waals surface area contributed by atoms with Crippen LogP contribution in [0.1, 0.15) is 34.1 Å².